The van der Waals surface area contributed by atoms with Crippen molar-refractivity contribution in [3.8, 4) is 0 Å². The number of amides is 1. The molecule has 28 heavy (non-hydrogen) atoms. The summed E-state index contributed by atoms with van der Waals surface area (Å²) < 4.78 is 46.8. The van der Waals surface area contributed by atoms with E-state index in [0.717, 1.165) is 36.9 Å². The number of hydrogen-bond donors (Lipinski definition) is 1. The van der Waals surface area contributed by atoms with E-state index < -0.39 is 12.2 Å². The first-order chi connectivity index (χ1) is 13.4. The average Bonchev–Trinajstić information content (AvgIpc) is 3.36. The minimum Gasteiger partial charge on any atom is -0.378 e. The van der Waals surface area contributed by atoms with Gasteiger partial charge in [-0.1, -0.05) is 0 Å². The van der Waals surface area contributed by atoms with Crippen LogP contribution in [0.5, 0.6) is 0 Å². The quantitative estimate of drug-likeness (QED) is 0.840. The zero-order chi connectivity index (χ0) is 19.7. The molecule has 4 heterocycles. The number of nitrogens with one attached hydrogen (secondary N) is 1. The van der Waals surface area contributed by atoms with Gasteiger partial charge in [-0.2, -0.15) is 23.3 Å². The van der Waals surface area contributed by atoms with Gasteiger partial charge >= 0.3 is 6.18 Å². The molecule has 156 valence electrons. The summed E-state index contributed by atoms with van der Waals surface area (Å²) in [6.45, 7) is 1.97. The molecular formula is C18H26F3N5O2. The molecule has 1 aromatic rings. The second-order valence-corrected chi connectivity index (χ2v) is 7.96. The monoisotopic (exact) mass is 401 g/mol. The van der Waals surface area contributed by atoms with Crippen molar-refractivity contribution in [1.82, 2.24) is 19.7 Å². The van der Waals surface area contributed by atoms with Gasteiger partial charge in [0, 0.05) is 32.2 Å². The summed E-state index contributed by atoms with van der Waals surface area (Å²) in [6, 6.07) is -1.96. The largest absolute Gasteiger partial charge is 0.411 e. The van der Waals surface area contributed by atoms with Crippen molar-refractivity contribution in [3.05, 3.63) is 6.33 Å². The van der Waals surface area contributed by atoms with Gasteiger partial charge in [0.2, 0.25) is 11.9 Å². The lowest BCUT2D eigenvalue weighted by Crippen LogP contribution is -2.47. The fraction of sp³-hybridized carbons (Fsp3) is 0.833. The van der Waals surface area contributed by atoms with E-state index in [1.807, 2.05) is 4.90 Å². The van der Waals surface area contributed by atoms with E-state index in [1.54, 1.807) is 0 Å². The standard InChI is InChI=1S/C18H26F3N5O2/c19-18(20,21)15-10-14(24-17-22-11-23-26(15)17)12-5-7-25(8-6-12)16(27)4-3-13-2-1-9-28-13/h11-15H,1-10H2,(H,22,23,24)/t13?,14-,15+/m0/s1. The van der Waals surface area contributed by atoms with Gasteiger partial charge in [0.25, 0.3) is 0 Å². The molecule has 0 radical (unpaired) electrons. The lowest BCUT2D eigenvalue weighted by Gasteiger charge is -2.40. The van der Waals surface area contributed by atoms with Crippen molar-refractivity contribution in [2.24, 2.45) is 5.92 Å². The molecule has 1 N–H and O–H groups in total. The highest BCUT2D eigenvalue weighted by Gasteiger charge is 2.48. The summed E-state index contributed by atoms with van der Waals surface area (Å²) in [7, 11) is 0. The SMILES string of the molecule is O=C(CCC1CCCO1)N1CCC([C@@H]2C[C@H](C(F)(F)F)n3ncnc3N2)CC1. The van der Waals surface area contributed by atoms with Crippen LogP contribution in [-0.4, -0.2) is 63.6 Å². The van der Waals surface area contributed by atoms with Crippen LogP contribution in [0.1, 0.15) is 51.0 Å². The Morgan fingerprint density at radius 1 is 1.29 bits per heavy atom. The van der Waals surface area contributed by atoms with Crippen molar-refractivity contribution in [2.75, 3.05) is 25.0 Å². The lowest BCUT2D eigenvalue weighted by atomic mass is 9.85. The number of aromatic nitrogens is 3. The minimum atomic E-state index is -4.36. The van der Waals surface area contributed by atoms with E-state index in [9.17, 15) is 18.0 Å². The number of likely N-dealkylation sites (tertiary alicyclic amines) is 1. The Labute approximate surface area is 161 Å². The van der Waals surface area contributed by atoms with Gasteiger partial charge in [0.1, 0.15) is 6.33 Å². The molecule has 0 saturated carbocycles. The molecule has 0 spiro atoms. The van der Waals surface area contributed by atoms with Crippen LogP contribution in [-0.2, 0) is 9.53 Å². The van der Waals surface area contributed by atoms with Crippen LogP contribution in [0, 0.1) is 5.92 Å². The molecule has 7 nitrogen and oxygen atoms in total. The maximum absolute atomic E-state index is 13.4. The summed E-state index contributed by atoms with van der Waals surface area (Å²) in [6.07, 6.45) is 1.65. The van der Waals surface area contributed by atoms with Gasteiger partial charge < -0.3 is 15.0 Å². The third-order valence-electron chi connectivity index (χ3n) is 6.20. The molecular weight excluding hydrogens is 375 g/mol. The fourth-order valence-electron chi connectivity index (χ4n) is 4.59. The maximum atomic E-state index is 13.4. The number of nitrogens with zero attached hydrogens (tertiary/aromatic N) is 4. The summed E-state index contributed by atoms with van der Waals surface area (Å²) in [5.74, 6) is 0.379. The fourth-order valence-corrected chi connectivity index (χ4v) is 4.59. The van der Waals surface area contributed by atoms with E-state index in [4.69, 9.17) is 4.74 Å². The summed E-state index contributed by atoms with van der Waals surface area (Å²) in [4.78, 5) is 18.2. The Balaban J connectivity index is 1.30. The van der Waals surface area contributed by atoms with Crippen LogP contribution >= 0.6 is 0 Å². The third kappa shape index (κ3) is 4.11. The van der Waals surface area contributed by atoms with Gasteiger partial charge in [0.15, 0.2) is 6.04 Å². The first kappa shape index (κ1) is 19.5. The van der Waals surface area contributed by atoms with Crippen molar-refractivity contribution in [2.45, 2.75) is 69.3 Å². The molecule has 2 fully saturated rings. The number of carbonyl (C=O) groups is 1. The van der Waals surface area contributed by atoms with Crippen LogP contribution in [0.25, 0.3) is 0 Å². The zero-order valence-corrected chi connectivity index (χ0v) is 15.7. The summed E-state index contributed by atoms with van der Waals surface area (Å²) in [5.41, 5.74) is 0. The van der Waals surface area contributed by atoms with Gasteiger partial charge in [-0.3, -0.25) is 4.79 Å². The summed E-state index contributed by atoms with van der Waals surface area (Å²) in [5, 5.41) is 6.86. The Kier molecular flexibility index (Phi) is 5.48. The van der Waals surface area contributed by atoms with Crippen molar-refractivity contribution < 1.29 is 22.7 Å². The topological polar surface area (TPSA) is 72.3 Å². The lowest BCUT2D eigenvalue weighted by molar-refractivity contribution is -0.174. The van der Waals surface area contributed by atoms with Gasteiger partial charge in [-0.05, 0) is 44.4 Å². The molecule has 0 bridgehead atoms. The molecule has 3 aliphatic heterocycles. The van der Waals surface area contributed by atoms with Crippen LogP contribution in [0.4, 0.5) is 19.1 Å². The first-order valence-electron chi connectivity index (χ1n) is 10.0. The van der Waals surface area contributed by atoms with Gasteiger partial charge in [0.05, 0.1) is 6.10 Å². The number of piperidine rings is 1. The minimum absolute atomic E-state index is 0.0580. The number of fused-ring (bicyclic) bond motifs is 1. The number of alkyl halides is 3. The van der Waals surface area contributed by atoms with Crippen LogP contribution in [0.3, 0.4) is 0 Å². The van der Waals surface area contributed by atoms with Crippen LogP contribution in [0.15, 0.2) is 6.33 Å². The third-order valence-corrected chi connectivity index (χ3v) is 6.20. The molecule has 1 aromatic heterocycles. The number of anilines is 1. The van der Waals surface area contributed by atoms with Crippen molar-refractivity contribution in [1.29, 1.82) is 0 Å². The van der Waals surface area contributed by atoms with E-state index in [2.05, 4.69) is 15.4 Å². The normalized spacial score (nSPS) is 28.8. The molecule has 1 unspecified atom stereocenters. The second kappa shape index (κ2) is 7.88. The summed E-state index contributed by atoms with van der Waals surface area (Å²) >= 11 is 0. The number of rotatable bonds is 4. The predicted octanol–water partition coefficient (Wildman–Crippen LogP) is 2.76. The van der Waals surface area contributed by atoms with E-state index in [1.165, 1.54) is 0 Å². The molecule has 10 heteroatoms. The smallest absolute Gasteiger partial charge is 0.378 e. The Hall–Kier alpha value is -1.84. The molecule has 0 aliphatic carbocycles. The van der Waals surface area contributed by atoms with Crippen LogP contribution < -0.4 is 5.32 Å². The Morgan fingerprint density at radius 3 is 2.75 bits per heavy atom. The number of hydrogen-bond acceptors (Lipinski definition) is 5. The van der Waals surface area contributed by atoms with Crippen molar-refractivity contribution >= 4 is 11.9 Å². The molecule has 3 atom stereocenters. The predicted molar refractivity (Wildman–Crippen MR) is 94.7 cm³/mol. The Bertz CT molecular complexity index is 681. The maximum Gasteiger partial charge on any atom is 0.411 e. The first-order valence-corrected chi connectivity index (χ1v) is 10.0. The van der Waals surface area contributed by atoms with Gasteiger partial charge in [-0.25, -0.2) is 4.68 Å². The van der Waals surface area contributed by atoms with Gasteiger partial charge in [-0.15, -0.1) is 0 Å². The number of carbonyl (C=O) groups excluding carboxylic acids is 1. The van der Waals surface area contributed by atoms with Crippen molar-refractivity contribution in [3.63, 3.8) is 0 Å². The zero-order valence-electron chi connectivity index (χ0n) is 15.7. The van der Waals surface area contributed by atoms with Crippen LogP contribution in [0.2, 0.25) is 0 Å². The molecule has 4 rings (SSSR count). The molecule has 0 aromatic carbocycles. The molecule has 1 amide bonds. The highest BCUT2D eigenvalue weighted by Crippen LogP contribution is 2.41. The molecule has 2 saturated heterocycles. The van der Waals surface area contributed by atoms with E-state index >= 15 is 0 Å². The highest BCUT2D eigenvalue weighted by molar-refractivity contribution is 5.76. The van der Waals surface area contributed by atoms with E-state index in [0.29, 0.717) is 32.4 Å². The Morgan fingerprint density at radius 2 is 2.07 bits per heavy atom. The highest BCUT2D eigenvalue weighted by atomic mass is 19.4. The number of halogens is 3. The van der Waals surface area contributed by atoms with E-state index in [-0.39, 0.29) is 36.3 Å². The average molecular weight is 401 g/mol. The number of ether oxygens (including phenoxy) is 1. The second-order valence-electron chi connectivity index (χ2n) is 7.96. The molecule has 3 aliphatic rings.